The van der Waals surface area contributed by atoms with E-state index in [1.165, 1.54) is 19.2 Å². The Morgan fingerprint density at radius 3 is 2.36 bits per heavy atom. The van der Waals surface area contributed by atoms with E-state index in [4.69, 9.17) is 4.74 Å². The minimum absolute atomic E-state index is 0.0556. The number of hydrogen-bond donors (Lipinski definition) is 1. The number of methoxy groups -OCH3 is 1. The second kappa shape index (κ2) is 9.00. The third-order valence-corrected chi connectivity index (χ3v) is 7.52. The molecule has 3 aromatic rings. The van der Waals surface area contributed by atoms with Gasteiger partial charge in [0.2, 0.25) is 17.7 Å². The Kier molecular flexibility index (Phi) is 5.71. The van der Waals surface area contributed by atoms with Crippen molar-refractivity contribution in [1.29, 1.82) is 0 Å². The van der Waals surface area contributed by atoms with Crippen molar-refractivity contribution in [3.63, 3.8) is 0 Å². The molecule has 198 valence electrons. The fourth-order valence-corrected chi connectivity index (χ4v) is 5.83. The predicted octanol–water partition coefficient (Wildman–Crippen LogP) is 4.87. The molecule has 3 aromatic carbocycles. The molecule has 0 bridgehead atoms. The van der Waals surface area contributed by atoms with E-state index < -0.39 is 53.4 Å². The lowest BCUT2D eigenvalue weighted by Crippen LogP contribution is -2.46. The first-order valence-corrected chi connectivity index (χ1v) is 12.2. The summed E-state index contributed by atoms with van der Waals surface area (Å²) >= 11 is 0. The van der Waals surface area contributed by atoms with E-state index in [2.05, 4.69) is 5.32 Å². The highest BCUT2D eigenvalue weighted by molar-refractivity contribution is 6.24. The van der Waals surface area contributed by atoms with Crippen molar-refractivity contribution in [1.82, 2.24) is 4.90 Å². The Labute approximate surface area is 221 Å². The summed E-state index contributed by atoms with van der Waals surface area (Å²) in [7, 11) is 1.50. The summed E-state index contributed by atoms with van der Waals surface area (Å²) in [6.45, 7) is 0. The lowest BCUT2D eigenvalue weighted by molar-refractivity contribution is -0.137. The largest absolute Gasteiger partial charge is 0.497 e. The molecule has 2 fully saturated rings. The summed E-state index contributed by atoms with van der Waals surface area (Å²) in [6, 6.07) is 16.5. The predicted molar refractivity (Wildman–Crippen MR) is 136 cm³/mol. The van der Waals surface area contributed by atoms with E-state index in [1.807, 2.05) is 24.3 Å². The number of alkyl halides is 3. The molecule has 0 aliphatic carbocycles. The summed E-state index contributed by atoms with van der Waals surface area (Å²) in [4.78, 5) is 44.2. The van der Waals surface area contributed by atoms with Crippen molar-refractivity contribution >= 4 is 35.2 Å². The smallest absolute Gasteiger partial charge is 0.416 e. The summed E-state index contributed by atoms with van der Waals surface area (Å²) in [5.41, 5.74) is 1.04. The number of rotatable bonds is 4. The molecule has 2 saturated heterocycles. The third-order valence-electron chi connectivity index (χ3n) is 7.52. The number of amides is 3. The Morgan fingerprint density at radius 1 is 0.923 bits per heavy atom. The maximum Gasteiger partial charge on any atom is 0.416 e. The van der Waals surface area contributed by atoms with Crippen molar-refractivity contribution in [3.05, 3.63) is 95.7 Å². The Balaban J connectivity index is 1.40. The number of nitrogens with zero attached hydrogens (tertiary/aromatic N) is 2. The molecule has 1 N–H and O–H groups in total. The van der Waals surface area contributed by atoms with Crippen LogP contribution >= 0.6 is 0 Å². The second-order valence-electron chi connectivity index (χ2n) is 9.61. The van der Waals surface area contributed by atoms with Gasteiger partial charge in [0.05, 0.1) is 36.2 Å². The number of anilines is 2. The van der Waals surface area contributed by atoms with Crippen molar-refractivity contribution < 1.29 is 32.3 Å². The Hall–Kier alpha value is -4.60. The van der Waals surface area contributed by atoms with Crippen LogP contribution in [0.5, 0.6) is 5.75 Å². The van der Waals surface area contributed by atoms with E-state index in [9.17, 15) is 27.6 Å². The standard InChI is InChI=1S/C29H22F3N3O4/c1-39-20-11-9-19(10-12-20)35-27(37)22-23(28(35)38)25(34-14-13-16-5-2-3-8-21(16)24(22)34)26(36)33-18-7-4-6-17(15-18)29(30,31)32/h2-15,22-25H,1H3,(H,33,36)/t22-,23+,24+,25-/m0/s1. The van der Waals surface area contributed by atoms with E-state index in [-0.39, 0.29) is 5.69 Å². The molecule has 10 heteroatoms. The van der Waals surface area contributed by atoms with Gasteiger partial charge in [-0.1, -0.05) is 30.3 Å². The number of nitrogens with one attached hydrogen (secondary N) is 1. The summed E-state index contributed by atoms with van der Waals surface area (Å²) in [5.74, 6) is -3.03. The number of carbonyl (C=O) groups is 3. The van der Waals surface area contributed by atoms with Gasteiger partial charge in [-0.05, 0) is 59.7 Å². The fraction of sp³-hybridized carbons (Fsp3) is 0.207. The maximum absolute atomic E-state index is 13.9. The van der Waals surface area contributed by atoms with Crippen LogP contribution in [0, 0.1) is 11.8 Å². The van der Waals surface area contributed by atoms with Gasteiger partial charge in [0.1, 0.15) is 11.8 Å². The van der Waals surface area contributed by atoms with Crippen LogP contribution in [-0.2, 0) is 20.6 Å². The highest BCUT2D eigenvalue weighted by Crippen LogP contribution is 2.53. The van der Waals surface area contributed by atoms with Crippen LogP contribution in [-0.4, -0.2) is 35.8 Å². The van der Waals surface area contributed by atoms with Gasteiger partial charge in [-0.25, -0.2) is 4.90 Å². The molecule has 0 radical (unpaired) electrons. The van der Waals surface area contributed by atoms with E-state index in [1.54, 1.807) is 41.4 Å². The lowest BCUT2D eigenvalue weighted by Gasteiger charge is -2.35. The van der Waals surface area contributed by atoms with Crippen LogP contribution in [0.25, 0.3) is 6.08 Å². The van der Waals surface area contributed by atoms with Crippen molar-refractivity contribution in [2.45, 2.75) is 18.3 Å². The number of fused-ring (bicyclic) bond motifs is 5. The van der Waals surface area contributed by atoms with E-state index in [0.29, 0.717) is 11.4 Å². The molecule has 0 unspecified atom stereocenters. The monoisotopic (exact) mass is 533 g/mol. The zero-order valence-electron chi connectivity index (χ0n) is 20.6. The summed E-state index contributed by atoms with van der Waals surface area (Å²) < 4.78 is 45.0. The molecular formula is C29H22F3N3O4. The highest BCUT2D eigenvalue weighted by atomic mass is 19.4. The van der Waals surface area contributed by atoms with Crippen molar-refractivity contribution in [2.24, 2.45) is 11.8 Å². The molecule has 6 rings (SSSR count). The zero-order valence-corrected chi connectivity index (χ0v) is 20.6. The quantitative estimate of drug-likeness (QED) is 0.485. The maximum atomic E-state index is 13.9. The van der Waals surface area contributed by atoms with E-state index >= 15 is 0 Å². The number of ether oxygens (including phenoxy) is 1. The zero-order chi connectivity index (χ0) is 27.5. The molecule has 4 atom stereocenters. The summed E-state index contributed by atoms with van der Waals surface area (Å²) in [6.07, 6.45) is -1.11. The van der Waals surface area contributed by atoms with Gasteiger partial charge in [-0.3, -0.25) is 14.4 Å². The molecule has 0 spiro atoms. The molecular weight excluding hydrogens is 511 g/mol. The average molecular weight is 534 g/mol. The van der Waals surface area contributed by atoms with Crippen molar-refractivity contribution in [3.8, 4) is 5.75 Å². The van der Waals surface area contributed by atoms with Gasteiger partial charge >= 0.3 is 6.18 Å². The number of carbonyl (C=O) groups excluding carboxylic acids is 3. The van der Waals surface area contributed by atoms with Crippen LogP contribution in [0.1, 0.15) is 22.7 Å². The van der Waals surface area contributed by atoms with Gasteiger partial charge in [-0.15, -0.1) is 0 Å². The minimum Gasteiger partial charge on any atom is -0.497 e. The Morgan fingerprint density at radius 2 is 1.64 bits per heavy atom. The average Bonchev–Trinajstić information content (AvgIpc) is 3.41. The number of halogens is 3. The second-order valence-corrected chi connectivity index (χ2v) is 9.61. The van der Waals surface area contributed by atoms with Crippen LogP contribution in [0.4, 0.5) is 24.5 Å². The van der Waals surface area contributed by atoms with Crippen LogP contribution in [0.15, 0.2) is 79.0 Å². The highest BCUT2D eigenvalue weighted by Gasteiger charge is 2.64. The molecule has 3 amide bonds. The fourth-order valence-electron chi connectivity index (χ4n) is 5.83. The number of hydrogen-bond acceptors (Lipinski definition) is 5. The molecule has 0 aromatic heterocycles. The van der Waals surface area contributed by atoms with Gasteiger partial charge < -0.3 is 15.0 Å². The van der Waals surface area contributed by atoms with Crippen LogP contribution in [0.2, 0.25) is 0 Å². The Bertz CT molecular complexity index is 1520. The van der Waals surface area contributed by atoms with Gasteiger partial charge in [0, 0.05) is 11.9 Å². The van der Waals surface area contributed by atoms with Gasteiger partial charge in [-0.2, -0.15) is 13.2 Å². The van der Waals surface area contributed by atoms with Crippen LogP contribution in [0.3, 0.4) is 0 Å². The first kappa shape index (κ1) is 24.7. The van der Waals surface area contributed by atoms with Gasteiger partial charge in [0.15, 0.2) is 0 Å². The van der Waals surface area contributed by atoms with E-state index in [0.717, 1.165) is 28.2 Å². The molecule has 7 nitrogen and oxygen atoms in total. The first-order chi connectivity index (χ1) is 18.7. The summed E-state index contributed by atoms with van der Waals surface area (Å²) in [5, 5.41) is 2.56. The SMILES string of the molecule is COc1ccc(N2C(=O)[C@@H]3[C@H](C2=O)[C@H]2c4ccccc4C=CN2[C@@H]3C(=O)Nc2cccc(C(F)(F)F)c2)cc1. The molecule has 3 aliphatic rings. The molecule has 3 aliphatic heterocycles. The molecule has 39 heavy (non-hydrogen) atoms. The number of benzene rings is 3. The third kappa shape index (κ3) is 3.94. The normalized spacial score (nSPS) is 23.4. The molecule has 0 saturated carbocycles. The minimum atomic E-state index is -4.59. The number of imide groups is 1. The topological polar surface area (TPSA) is 79.0 Å². The lowest BCUT2D eigenvalue weighted by atomic mass is 9.84. The van der Waals surface area contributed by atoms with Crippen LogP contribution < -0.4 is 15.0 Å². The first-order valence-electron chi connectivity index (χ1n) is 12.2. The molecule has 3 heterocycles. The van der Waals surface area contributed by atoms with Gasteiger partial charge in [0.25, 0.3) is 0 Å². The van der Waals surface area contributed by atoms with Crippen molar-refractivity contribution in [2.75, 3.05) is 17.3 Å².